The number of nitrogens with zero attached hydrogens (tertiary/aromatic N) is 1. The molecule has 0 spiro atoms. The molecule has 1 heterocycles. The number of anilines is 2. The Hall–Kier alpha value is -2.82. The molecular weight excluding hydrogens is 266 g/mol. The zero-order valence-electron chi connectivity index (χ0n) is 11.8. The first-order valence-electron chi connectivity index (χ1n) is 6.48. The molecule has 0 unspecified atom stereocenters. The summed E-state index contributed by atoms with van der Waals surface area (Å²) in [5, 5.41) is 5.90. The second-order valence-electron chi connectivity index (χ2n) is 4.29. The van der Waals surface area contributed by atoms with Gasteiger partial charge in [-0.3, -0.25) is 9.78 Å². The minimum Gasteiger partial charge on any atom is -0.495 e. The van der Waals surface area contributed by atoms with Crippen molar-refractivity contribution in [1.82, 2.24) is 4.98 Å². The van der Waals surface area contributed by atoms with E-state index in [1.54, 1.807) is 37.6 Å². The number of carbonyl (C=O) groups excluding carboxylic acids is 1. The van der Waals surface area contributed by atoms with E-state index in [1.807, 2.05) is 12.1 Å². The molecule has 21 heavy (non-hydrogen) atoms. The highest BCUT2D eigenvalue weighted by atomic mass is 16.5. The lowest BCUT2D eigenvalue weighted by Crippen LogP contribution is -2.13. The number of methoxy groups -OCH3 is 1. The fourth-order valence-corrected chi connectivity index (χ4v) is 1.79. The van der Waals surface area contributed by atoms with E-state index in [0.29, 0.717) is 23.5 Å². The Balaban J connectivity index is 2.14. The predicted molar refractivity (Wildman–Crippen MR) is 83.9 cm³/mol. The van der Waals surface area contributed by atoms with Gasteiger partial charge in [0.25, 0.3) is 5.91 Å². The summed E-state index contributed by atoms with van der Waals surface area (Å²) in [4.78, 5) is 16.3. The Labute approximate surface area is 123 Å². The van der Waals surface area contributed by atoms with Crippen molar-refractivity contribution in [3.63, 3.8) is 0 Å². The Morgan fingerprint density at radius 1 is 1.38 bits per heavy atom. The molecule has 0 saturated heterocycles. The lowest BCUT2D eigenvalue weighted by Gasteiger charge is -2.10. The van der Waals surface area contributed by atoms with Crippen molar-refractivity contribution in [2.24, 2.45) is 0 Å². The smallest absolute Gasteiger partial charge is 0.257 e. The number of amides is 1. The molecule has 1 aromatic heterocycles. The van der Waals surface area contributed by atoms with Gasteiger partial charge in [-0.15, -0.1) is 6.58 Å². The van der Waals surface area contributed by atoms with E-state index in [9.17, 15) is 4.79 Å². The highest BCUT2D eigenvalue weighted by Gasteiger charge is 2.10. The molecule has 5 heteroatoms. The van der Waals surface area contributed by atoms with Crippen molar-refractivity contribution in [1.29, 1.82) is 0 Å². The number of benzene rings is 1. The number of aromatic nitrogens is 1. The number of rotatable bonds is 6. The van der Waals surface area contributed by atoms with Gasteiger partial charge >= 0.3 is 0 Å². The monoisotopic (exact) mass is 283 g/mol. The molecule has 0 aliphatic carbocycles. The number of ether oxygens (including phenoxy) is 1. The van der Waals surface area contributed by atoms with E-state index in [1.165, 1.54) is 6.20 Å². The zero-order valence-corrected chi connectivity index (χ0v) is 11.8. The molecule has 0 fully saturated rings. The summed E-state index contributed by atoms with van der Waals surface area (Å²) in [6, 6.07) is 8.98. The van der Waals surface area contributed by atoms with Crippen LogP contribution in [-0.2, 0) is 0 Å². The van der Waals surface area contributed by atoms with Crippen LogP contribution in [0.3, 0.4) is 0 Å². The molecule has 0 aliphatic rings. The van der Waals surface area contributed by atoms with Gasteiger partial charge in [-0.05, 0) is 18.2 Å². The van der Waals surface area contributed by atoms with E-state index in [4.69, 9.17) is 4.74 Å². The van der Waals surface area contributed by atoms with Crippen LogP contribution in [0.15, 0.2) is 55.4 Å². The van der Waals surface area contributed by atoms with Gasteiger partial charge in [0.1, 0.15) is 5.75 Å². The molecule has 1 amide bonds. The minimum absolute atomic E-state index is 0.241. The molecule has 0 radical (unpaired) electrons. The first-order valence-corrected chi connectivity index (χ1v) is 6.48. The predicted octanol–water partition coefficient (Wildman–Crippen LogP) is 2.94. The van der Waals surface area contributed by atoms with E-state index in [2.05, 4.69) is 22.2 Å². The van der Waals surface area contributed by atoms with E-state index in [0.717, 1.165) is 5.69 Å². The molecule has 1 aromatic carbocycles. The third-order valence-electron chi connectivity index (χ3n) is 2.81. The summed E-state index contributed by atoms with van der Waals surface area (Å²) >= 11 is 0. The van der Waals surface area contributed by atoms with Crippen LogP contribution in [0.1, 0.15) is 10.4 Å². The SMILES string of the molecule is C=CCNc1cncc(C(=O)Nc2ccccc2OC)c1. The quantitative estimate of drug-likeness (QED) is 0.800. The molecule has 108 valence electrons. The van der Waals surface area contributed by atoms with Crippen molar-refractivity contribution < 1.29 is 9.53 Å². The first-order chi connectivity index (χ1) is 10.2. The molecule has 2 rings (SSSR count). The van der Waals surface area contributed by atoms with Gasteiger partial charge in [-0.1, -0.05) is 18.2 Å². The van der Waals surface area contributed by atoms with E-state index in [-0.39, 0.29) is 5.91 Å². The van der Waals surface area contributed by atoms with Crippen LogP contribution in [0.25, 0.3) is 0 Å². The number of nitrogens with one attached hydrogen (secondary N) is 2. The summed E-state index contributed by atoms with van der Waals surface area (Å²) < 4.78 is 5.21. The van der Waals surface area contributed by atoms with Crippen molar-refractivity contribution >= 4 is 17.3 Å². The number of carbonyl (C=O) groups is 1. The van der Waals surface area contributed by atoms with E-state index < -0.39 is 0 Å². The summed E-state index contributed by atoms with van der Waals surface area (Å²) in [6.07, 6.45) is 4.91. The molecule has 0 aliphatic heterocycles. The fourth-order valence-electron chi connectivity index (χ4n) is 1.79. The molecule has 0 bridgehead atoms. The number of hydrogen-bond acceptors (Lipinski definition) is 4. The maximum Gasteiger partial charge on any atom is 0.257 e. The van der Waals surface area contributed by atoms with Crippen LogP contribution >= 0.6 is 0 Å². The molecule has 2 N–H and O–H groups in total. The number of pyridine rings is 1. The molecule has 0 atom stereocenters. The maximum absolute atomic E-state index is 12.3. The van der Waals surface area contributed by atoms with Crippen LogP contribution < -0.4 is 15.4 Å². The van der Waals surface area contributed by atoms with Gasteiger partial charge in [-0.25, -0.2) is 0 Å². The van der Waals surface area contributed by atoms with Crippen LogP contribution in [0.5, 0.6) is 5.75 Å². The van der Waals surface area contributed by atoms with Gasteiger partial charge in [0.2, 0.25) is 0 Å². The van der Waals surface area contributed by atoms with Gasteiger partial charge in [0.05, 0.1) is 24.0 Å². The maximum atomic E-state index is 12.3. The minimum atomic E-state index is -0.241. The van der Waals surface area contributed by atoms with Crippen LogP contribution in [0.2, 0.25) is 0 Å². The topological polar surface area (TPSA) is 63.2 Å². The Kier molecular flexibility index (Phi) is 4.93. The molecular formula is C16H17N3O2. The van der Waals surface area contributed by atoms with Crippen molar-refractivity contribution in [3.05, 3.63) is 60.9 Å². The lowest BCUT2D eigenvalue weighted by atomic mass is 10.2. The van der Waals surface area contributed by atoms with Gasteiger partial charge in [-0.2, -0.15) is 0 Å². The highest BCUT2D eigenvalue weighted by molar-refractivity contribution is 6.05. The van der Waals surface area contributed by atoms with Crippen molar-refractivity contribution in [2.45, 2.75) is 0 Å². The first kappa shape index (κ1) is 14.6. The molecule has 0 saturated carbocycles. The van der Waals surface area contributed by atoms with Gasteiger partial charge in [0.15, 0.2) is 0 Å². The average molecular weight is 283 g/mol. The van der Waals surface area contributed by atoms with Crippen molar-refractivity contribution in [2.75, 3.05) is 24.3 Å². The summed E-state index contributed by atoms with van der Waals surface area (Å²) in [7, 11) is 1.56. The van der Waals surface area contributed by atoms with E-state index >= 15 is 0 Å². The Morgan fingerprint density at radius 3 is 2.95 bits per heavy atom. The normalized spacial score (nSPS) is 9.76. The number of para-hydroxylation sites is 2. The van der Waals surface area contributed by atoms with Crippen LogP contribution in [-0.4, -0.2) is 24.5 Å². The second kappa shape index (κ2) is 7.09. The number of hydrogen-bond donors (Lipinski definition) is 2. The third-order valence-corrected chi connectivity index (χ3v) is 2.81. The average Bonchev–Trinajstić information content (AvgIpc) is 2.53. The third kappa shape index (κ3) is 3.82. The second-order valence-corrected chi connectivity index (χ2v) is 4.29. The summed E-state index contributed by atoms with van der Waals surface area (Å²) in [5.74, 6) is 0.369. The summed E-state index contributed by atoms with van der Waals surface area (Å²) in [5.41, 5.74) is 1.85. The van der Waals surface area contributed by atoms with Gasteiger partial charge < -0.3 is 15.4 Å². The zero-order chi connectivity index (χ0) is 15.1. The lowest BCUT2D eigenvalue weighted by molar-refractivity contribution is 0.102. The van der Waals surface area contributed by atoms with Crippen LogP contribution in [0.4, 0.5) is 11.4 Å². The van der Waals surface area contributed by atoms with Gasteiger partial charge in [0, 0.05) is 18.9 Å². The Morgan fingerprint density at radius 2 is 2.19 bits per heavy atom. The fraction of sp³-hybridized carbons (Fsp3) is 0.125. The molecule has 2 aromatic rings. The highest BCUT2D eigenvalue weighted by Crippen LogP contribution is 2.23. The van der Waals surface area contributed by atoms with Crippen molar-refractivity contribution in [3.8, 4) is 5.75 Å². The largest absolute Gasteiger partial charge is 0.495 e. The van der Waals surface area contributed by atoms with Crippen LogP contribution in [0, 0.1) is 0 Å². The Bertz CT molecular complexity index is 641. The molecule has 5 nitrogen and oxygen atoms in total. The standard InChI is InChI=1S/C16H17N3O2/c1-3-8-18-13-9-12(10-17-11-13)16(20)19-14-6-4-5-7-15(14)21-2/h3-7,9-11,18H,1,8H2,2H3,(H,19,20). The summed E-state index contributed by atoms with van der Waals surface area (Å²) in [6.45, 7) is 4.24.